The lowest BCUT2D eigenvalue weighted by molar-refractivity contribution is 0.673. The van der Waals surface area contributed by atoms with Gasteiger partial charge in [-0.3, -0.25) is 0 Å². The van der Waals surface area contributed by atoms with Crippen LogP contribution in [0.1, 0.15) is 33.6 Å². The zero-order valence-electron chi connectivity index (χ0n) is 7.68. The second kappa shape index (κ2) is 3.21. The van der Waals surface area contributed by atoms with Crippen molar-refractivity contribution < 1.29 is 0 Å². The van der Waals surface area contributed by atoms with Crippen LogP contribution in [0.3, 0.4) is 0 Å². The molecule has 0 amide bonds. The third-order valence-electron chi connectivity index (χ3n) is 2.10. The first-order valence-corrected chi connectivity index (χ1v) is 5.84. The fraction of sp³-hybridized carbons (Fsp3) is 1.00. The molecule has 11 heavy (non-hydrogen) atoms. The fourth-order valence-electron chi connectivity index (χ4n) is 0.894. The van der Waals surface area contributed by atoms with E-state index in [0.29, 0.717) is 10.2 Å². The summed E-state index contributed by atoms with van der Waals surface area (Å²) < 4.78 is 0.429. The number of rotatable bonds is 3. The zero-order chi connectivity index (χ0) is 8.54. The quantitative estimate of drug-likeness (QED) is 0.667. The number of thiol groups is 1. The van der Waals surface area contributed by atoms with E-state index in [1.165, 1.54) is 18.6 Å². The van der Waals surface area contributed by atoms with Gasteiger partial charge in [-0.25, -0.2) is 0 Å². The maximum absolute atomic E-state index is 4.38. The highest BCUT2D eigenvalue weighted by molar-refractivity contribution is 8.00. The summed E-state index contributed by atoms with van der Waals surface area (Å²) in [5.74, 6) is 2.38. The van der Waals surface area contributed by atoms with Gasteiger partial charge in [0.1, 0.15) is 0 Å². The molecule has 1 fully saturated rings. The molecule has 0 N–H and O–H groups in total. The summed E-state index contributed by atoms with van der Waals surface area (Å²) in [6, 6.07) is 0. The Kier molecular flexibility index (Phi) is 2.86. The van der Waals surface area contributed by atoms with Crippen LogP contribution >= 0.6 is 24.4 Å². The Bertz CT molecular complexity index is 131. The monoisotopic (exact) mass is 190 g/mol. The predicted octanol–water partition coefficient (Wildman–Crippen LogP) is 3.23. The zero-order valence-corrected chi connectivity index (χ0v) is 9.39. The normalized spacial score (nSPS) is 21.8. The summed E-state index contributed by atoms with van der Waals surface area (Å²) in [4.78, 5) is 0. The Hall–Kier alpha value is 0.700. The Morgan fingerprint density at radius 3 is 2.18 bits per heavy atom. The van der Waals surface area contributed by atoms with E-state index in [9.17, 15) is 0 Å². The average molecular weight is 190 g/mol. The van der Waals surface area contributed by atoms with Crippen molar-refractivity contribution in [3.63, 3.8) is 0 Å². The van der Waals surface area contributed by atoms with Crippen molar-refractivity contribution >= 4 is 24.4 Å². The van der Waals surface area contributed by atoms with E-state index in [4.69, 9.17) is 0 Å². The van der Waals surface area contributed by atoms with Crippen LogP contribution in [0.5, 0.6) is 0 Å². The molecule has 0 heterocycles. The molecule has 0 aromatic rings. The summed E-state index contributed by atoms with van der Waals surface area (Å²) in [6.07, 6.45) is 2.80. The molecule has 0 bridgehead atoms. The molecule has 0 aliphatic heterocycles. The number of hydrogen-bond donors (Lipinski definition) is 1. The Labute approximate surface area is 79.9 Å². The summed E-state index contributed by atoms with van der Waals surface area (Å²) in [5, 5.41) is 0. The third-order valence-corrected chi connectivity index (χ3v) is 4.40. The van der Waals surface area contributed by atoms with Gasteiger partial charge in [-0.1, -0.05) is 20.8 Å². The van der Waals surface area contributed by atoms with Crippen molar-refractivity contribution in [3.8, 4) is 0 Å². The highest BCUT2D eigenvalue weighted by Crippen LogP contribution is 2.50. The van der Waals surface area contributed by atoms with Gasteiger partial charge in [0.2, 0.25) is 0 Å². The molecule has 0 atom stereocenters. The van der Waals surface area contributed by atoms with Crippen molar-refractivity contribution in [2.24, 2.45) is 5.41 Å². The van der Waals surface area contributed by atoms with Crippen LogP contribution in [0.25, 0.3) is 0 Å². The van der Waals surface area contributed by atoms with Crippen LogP contribution in [-0.4, -0.2) is 16.3 Å². The molecule has 1 rings (SSSR count). The topological polar surface area (TPSA) is 0 Å². The molecule has 0 nitrogen and oxygen atoms in total. The van der Waals surface area contributed by atoms with E-state index in [2.05, 4.69) is 45.2 Å². The standard InChI is InChI=1S/C9H18S2/c1-8(2,3)11-7-9(6-10)4-5-9/h10H,4-7H2,1-3H3. The van der Waals surface area contributed by atoms with Crippen LogP contribution in [0.15, 0.2) is 0 Å². The molecule has 0 aromatic heterocycles. The fourth-order valence-corrected chi connectivity index (χ4v) is 2.60. The molecule has 1 aliphatic rings. The Morgan fingerprint density at radius 1 is 1.36 bits per heavy atom. The van der Waals surface area contributed by atoms with E-state index in [-0.39, 0.29) is 0 Å². The van der Waals surface area contributed by atoms with E-state index >= 15 is 0 Å². The first-order chi connectivity index (χ1) is 4.97. The molecule has 0 spiro atoms. The second-order valence-electron chi connectivity index (χ2n) is 4.56. The van der Waals surface area contributed by atoms with Crippen molar-refractivity contribution in [1.29, 1.82) is 0 Å². The predicted molar refractivity (Wildman–Crippen MR) is 57.7 cm³/mol. The Balaban J connectivity index is 2.22. The van der Waals surface area contributed by atoms with Gasteiger partial charge in [-0.15, -0.1) is 0 Å². The molecule has 0 radical (unpaired) electrons. The Morgan fingerprint density at radius 2 is 1.91 bits per heavy atom. The first-order valence-electron chi connectivity index (χ1n) is 4.22. The molecule has 66 valence electrons. The third kappa shape index (κ3) is 3.29. The van der Waals surface area contributed by atoms with Gasteiger partial charge in [0.05, 0.1) is 0 Å². The lowest BCUT2D eigenvalue weighted by atomic mass is 10.2. The van der Waals surface area contributed by atoms with Crippen LogP contribution in [0, 0.1) is 5.41 Å². The van der Waals surface area contributed by atoms with E-state index < -0.39 is 0 Å². The van der Waals surface area contributed by atoms with Gasteiger partial charge in [0.15, 0.2) is 0 Å². The SMILES string of the molecule is CC(C)(C)SCC1(CS)CC1. The van der Waals surface area contributed by atoms with Crippen molar-refractivity contribution in [2.45, 2.75) is 38.4 Å². The molecule has 1 aliphatic carbocycles. The minimum Gasteiger partial charge on any atom is -0.179 e. The summed E-state index contributed by atoms with van der Waals surface area (Å²) >= 11 is 6.46. The van der Waals surface area contributed by atoms with Crippen molar-refractivity contribution in [3.05, 3.63) is 0 Å². The van der Waals surface area contributed by atoms with E-state index in [0.717, 1.165) is 5.75 Å². The molecule has 2 heteroatoms. The van der Waals surface area contributed by atoms with Gasteiger partial charge < -0.3 is 0 Å². The molecular weight excluding hydrogens is 172 g/mol. The van der Waals surface area contributed by atoms with E-state index in [1.807, 2.05) is 0 Å². The van der Waals surface area contributed by atoms with Crippen LogP contribution < -0.4 is 0 Å². The van der Waals surface area contributed by atoms with Crippen LogP contribution in [0.2, 0.25) is 0 Å². The van der Waals surface area contributed by atoms with Gasteiger partial charge in [-0.2, -0.15) is 24.4 Å². The lowest BCUT2D eigenvalue weighted by Gasteiger charge is -2.21. The van der Waals surface area contributed by atoms with Gasteiger partial charge in [0, 0.05) is 10.5 Å². The van der Waals surface area contributed by atoms with Crippen LogP contribution in [0.4, 0.5) is 0 Å². The maximum Gasteiger partial charge on any atom is 0.00753 e. The lowest BCUT2D eigenvalue weighted by Crippen LogP contribution is -2.14. The smallest absolute Gasteiger partial charge is 0.00753 e. The van der Waals surface area contributed by atoms with Crippen LogP contribution in [-0.2, 0) is 0 Å². The molecule has 0 aromatic carbocycles. The number of thioether (sulfide) groups is 1. The molecular formula is C9H18S2. The largest absolute Gasteiger partial charge is 0.179 e. The molecule has 1 saturated carbocycles. The van der Waals surface area contributed by atoms with Gasteiger partial charge in [0.25, 0.3) is 0 Å². The van der Waals surface area contributed by atoms with E-state index in [1.54, 1.807) is 0 Å². The molecule has 0 unspecified atom stereocenters. The maximum atomic E-state index is 4.38. The minimum atomic E-state index is 0.429. The first kappa shape index (κ1) is 9.79. The second-order valence-corrected chi connectivity index (χ2v) is 6.68. The highest BCUT2D eigenvalue weighted by Gasteiger charge is 2.41. The average Bonchev–Trinajstić information content (AvgIpc) is 2.63. The molecule has 0 saturated heterocycles. The van der Waals surface area contributed by atoms with Gasteiger partial charge >= 0.3 is 0 Å². The summed E-state index contributed by atoms with van der Waals surface area (Å²) in [7, 11) is 0. The van der Waals surface area contributed by atoms with Gasteiger partial charge in [-0.05, 0) is 24.0 Å². The van der Waals surface area contributed by atoms with Crippen molar-refractivity contribution in [1.82, 2.24) is 0 Å². The highest BCUT2D eigenvalue weighted by atomic mass is 32.2. The minimum absolute atomic E-state index is 0.429. The number of hydrogen-bond acceptors (Lipinski definition) is 2. The summed E-state index contributed by atoms with van der Waals surface area (Å²) in [6.45, 7) is 6.85. The summed E-state index contributed by atoms with van der Waals surface area (Å²) in [5.41, 5.74) is 0.626. The van der Waals surface area contributed by atoms with Crippen molar-refractivity contribution in [2.75, 3.05) is 11.5 Å².